The predicted octanol–water partition coefficient (Wildman–Crippen LogP) is 10.3. The van der Waals surface area contributed by atoms with Gasteiger partial charge in [-0.3, -0.25) is 0 Å². The average Bonchev–Trinajstić information content (AvgIpc) is 3.83. The summed E-state index contributed by atoms with van der Waals surface area (Å²) >= 11 is 14.0. The lowest BCUT2D eigenvalue weighted by Crippen LogP contribution is -2.45. The van der Waals surface area contributed by atoms with Crippen molar-refractivity contribution in [1.29, 1.82) is 0 Å². The molecule has 3 aromatic carbocycles. The van der Waals surface area contributed by atoms with Crippen molar-refractivity contribution in [3.05, 3.63) is 115 Å². The Labute approximate surface area is 385 Å². The Kier molecular flexibility index (Phi) is 17.4. The van der Waals surface area contributed by atoms with Crippen LogP contribution >= 0.6 is 94.1 Å². The highest BCUT2D eigenvalue weighted by atomic mass is 32.3. The molecule has 0 aromatic heterocycles. The van der Waals surface area contributed by atoms with E-state index in [9.17, 15) is 25.3 Å². The first-order valence-electron chi connectivity index (χ1n) is 18.6. The molecule has 0 aliphatic carbocycles. The van der Waals surface area contributed by atoms with Crippen molar-refractivity contribution in [3.8, 4) is 0 Å². The molecule has 9 nitrogen and oxygen atoms in total. The Bertz CT molecular complexity index is 2270. The number of benzene rings is 3. The van der Waals surface area contributed by atoms with Crippen molar-refractivity contribution in [2.24, 2.45) is 0 Å². The van der Waals surface area contributed by atoms with Crippen LogP contribution in [0.3, 0.4) is 0 Å². The molecular weight excluding hydrogens is 959 g/mol. The van der Waals surface area contributed by atoms with Crippen molar-refractivity contribution in [1.82, 2.24) is 12.9 Å². The fourth-order valence-electron chi connectivity index (χ4n) is 6.03. The van der Waals surface area contributed by atoms with Crippen LogP contribution in [0.15, 0.2) is 113 Å². The quantitative estimate of drug-likeness (QED) is 0.213. The molecular formula is C39H47N3O6S11. The Morgan fingerprint density at radius 1 is 0.424 bits per heavy atom. The largest absolute Gasteiger partial charge is 0.243 e. The number of sulfonamides is 3. The molecule has 20 heteroatoms. The lowest BCUT2D eigenvalue weighted by molar-refractivity contribution is 0.316. The molecule has 0 unspecified atom stereocenters. The molecule has 0 saturated carbocycles. The molecule has 0 saturated heterocycles. The van der Waals surface area contributed by atoms with Crippen LogP contribution in [0.1, 0.15) is 29.5 Å². The molecule has 6 rings (SSSR count). The minimum atomic E-state index is -4.18. The van der Waals surface area contributed by atoms with Gasteiger partial charge in [0.25, 0.3) is 0 Å². The standard InChI is InChI=1S/C39H47N3O6S11/c1-28-8-14-31(15-9-28)57(43,44)40-20-6-26-51-36-34(49-4)53-38(55-36)39-54-35(50-5)37(56-39)52-27-7-21-41(58(45,46)32-16-10-29(2)11-17-32)23-25-42(24-22-40)59(47,48)33-18-12-30(3)13-19-33/h8-19H,6-7,20-27H2,1-5H3/b39-38-. The Hall–Kier alpha value is -0.590. The molecule has 59 heavy (non-hydrogen) atoms. The molecule has 0 radical (unpaired) electrons. The summed E-state index contributed by atoms with van der Waals surface area (Å²) in [6, 6.07) is 19.9. The van der Waals surface area contributed by atoms with E-state index < -0.39 is 30.1 Å². The molecule has 4 bridgehead atoms. The van der Waals surface area contributed by atoms with Crippen LogP contribution in [0.2, 0.25) is 0 Å². The Balaban J connectivity index is 1.37. The average molecular weight is 1010 g/mol. The van der Waals surface area contributed by atoms with E-state index in [1.165, 1.54) is 38.3 Å². The van der Waals surface area contributed by atoms with Gasteiger partial charge in [-0.05, 0) is 94.0 Å². The lowest BCUT2D eigenvalue weighted by Gasteiger charge is -2.29. The minimum Gasteiger partial charge on any atom is -0.207 e. The predicted molar refractivity (Wildman–Crippen MR) is 262 cm³/mol. The highest BCUT2D eigenvalue weighted by Gasteiger charge is 2.33. The first kappa shape index (κ1) is 47.9. The van der Waals surface area contributed by atoms with Crippen LogP contribution in [0, 0.1) is 20.8 Å². The SMILES string of the molecule is CSC1=C2SCCCN(S(=O)(=O)c3ccc(C)cc3)CCN(S(=O)(=O)c3ccc(C)cc3)CCN(S(=O)(=O)c3ccc(C)cc3)CCCSC3=C(SC)S/C(=C(\S1)S2)S3. The maximum absolute atomic E-state index is 14.5. The van der Waals surface area contributed by atoms with Gasteiger partial charge in [-0.25, -0.2) is 25.3 Å². The summed E-state index contributed by atoms with van der Waals surface area (Å²) in [5.41, 5.74) is 2.73. The second-order valence-corrected chi connectivity index (χ2v) is 28.9. The fourth-order valence-corrected chi connectivity index (χ4v) is 21.5. The molecule has 0 atom stereocenters. The first-order chi connectivity index (χ1) is 28.1. The van der Waals surface area contributed by atoms with Crippen molar-refractivity contribution < 1.29 is 25.3 Å². The van der Waals surface area contributed by atoms with Gasteiger partial charge in [0.15, 0.2) is 0 Å². The van der Waals surface area contributed by atoms with Crippen LogP contribution in [-0.2, 0) is 30.1 Å². The van der Waals surface area contributed by atoms with E-state index in [-0.39, 0.29) is 54.0 Å². The van der Waals surface area contributed by atoms with Gasteiger partial charge < -0.3 is 0 Å². The van der Waals surface area contributed by atoms with Crippen LogP contribution in [0.5, 0.6) is 0 Å². The van der Waals surface area contributed by atoms with E-state index in [1.807, 2.05) is 20.8 Å². The zero-order valence-corrected chi connectivity index (χ0v) is 42.3. The van der Waals surface area contributed by atoms with E-state index in [0.29, 0.717) is 24.3 Å². The third-order valence-corrected chi connectivity index (χ3v) is 26.5. The minimum absolute atomic E-state index is 0.0595. The lowest BCUT2D eigenvalue weighted by atomic mass is 10.2. The maximum Gasteiger partial charge on any atom is 0.243 e. The normalized spacial score (nSPS) is 20.9. The van der Waals surface area contributed by atoms with Crippen molar-refractivity contribution in [3.63, 3.8) is 0 Å². The van der Waals surface area contributed by atoms with Gasteiger partial charge in [-0.15, -0.1) is 47.0 Å². The van der Waals surface area contributed by atoms with Crippen molar-refractivity contribution in [2.45, 2.75) is 48.3 Å². The van der Waals surface area contributed by atoms with Crippen molar-refractivity contribution >= 4 is 124 Å². The second-order valence-electron chi connectivity index (χ2n) is 13.6. The van der Waals surface area contributed by atoms with Gasteiger partial charge in [-0.1, -0.05) is 100 Å². The summed E-state index contributed by atoms with van der Waals surface area (Å²) in [4.78, 5) is 0.334. The van der Waals surface area contributed by atoms with Gasteiger partial charge >= 0.3 is 0 Å². The smallest absolute Gasteiger partial charge is 0.207 e. The topological polar surface area (TPSA) is 112 Å². The van der Waals surface area contributed by atoms with E-state index in [2.05, 4.69) is 12.5 Å². The van der Waals surface area contributed by atoms with Gasteiger partial charge in [0.1, 0.15) is 0 Å². The number of thioether (sulfide) groups is 8. The van der Waals surface area contributed by atoms with E-state index >= 15 is 0 Å². The van der Waals surface area contributed by atoms with Crippen LogP contribution in [0.25, 0.3) is 0 Å². The second kappa shape index (κ2) is 21.4. The Morgan fingerprint density at radius 2 is 0.712 bits per heavy atom. The van der Waals surface area contributed by atoms with E-state index in [0.717, 1.165) is 16.7 Å². The molecule has 3 aliphatic heterocycles. The zero-order chi connectivity index (χ0) is 42.4. The van der Waals surface area contributed by atoms with E-state index in [4.69, 9.17) is 0 Å². The van der Waals surface area contributed by atoms with Gasteiger partial charge in [0, 0.05) is 39.3 Å². The van der Waals surface area contributed by atoms with Crippen LogP contribution in [-0.4, -0.2) is 101 Å². The molecule has 0 N–H and O–H groups in total. The number of aryl methyl sites for hydroxylation is 3. The Morgan fingerprint density at radius 3 is 1.00 bits per heavy atom. The summed E-state index contributed by atoms with van der Waals surface area (Å²) in [6.45, 7) is 5.43. The van der Waals surface area contributed by atoms with Crippen molar-refractivity contribution in [2.75, 3.05) is 63.3 Å². The number of hydrogen-bond acceptors (Lipinski definition) is 14. The van der Waals surface area contributed by atoms with Crippen LogP contribution in [0.4, 0.5) is 0 Å². The molecule has 0 amide bonds. The summed E-state index contributed by atoms with van der Waals surface area (Å²) in [6.07, 6.45) is 5.23. The summed E-state index contributed by atoms with van der Waals surface area (Å²) in [5, 5.41) is 0. The fraction of sp³-hybridized carbons (Fsp3) is 0.385. The molecule has 3 aliphatic rings. The molecule has 3 heterocycles. The summed E-state index contributed by atoms with van der Waals surface area (Å²) in [5.74, 6) is 1.34. The summed E-state index contributed by atoms with van der Waals surface area (Å²) in [7, 11) is -12.2. The number of nitrogens with zero attached hydrogens (tertiary/aromatic N) is 3. The third-order valence-electron chi connectivity index (χ3n) is 9.36. The monoisotopic (exact) mass is 1010 g/mol. The summed E-state index contributed by atoms with van der Waals surface area (Å²) < 4.78 is 97.6. The van der Waals surface area contributed by atoms with Crippen LogP contribution < -0.4 is 0 Å². The molecule has 320 valence electrons. The first-order valence-corrected chi connectivity index (χ1v) is 30.6. The highest BCUT2D eigenvalue weighted by Crippen LogP contribution is 2.65. The number of hydrogen-bond donors (Lipinski definition) is 0. The molecule has 0 fully saturated rings. The van der Waals surface area contributed by atoms with E-state index in [1.54, 1.807) is 167 Å². The number of fused-ring (bicyclic) bond motifs is 4. The molecule has 0 spiro atoms. The van der Waals surface area contributed by atoms with Gasteiger partial charge in [0.2, 0.25) is 30.1 Å². The molecule has 3 aromatic rings. The third kappa shape index (κ3) is 12.0. The highest BCUT2D eigenvalue weighted by molar-refractivity contribution is 8.45. The van der Waals surface area contributed by atoms with Gasteiger partial charge in [-0.2, -0.15) is 12.9 Å². The van der Waals surface area contributed by atoms with Gasteiger partial charge in [0.05, 0.1) is 40.1 Å². The zero-order valence-electron chi connectivity index (χ0n) is 33.3. The number of rotatable bonds is 8. The maximum atomic E-state index is 14.5.